The first kappa shape index (κ1) is 20.8. The minimum Gasteiger partial charge on any atom is -0.470 e. The van der Waals surface area contributed by atoms with Crippen molar-refractivity contribution in [2.45, 2.75) is 31.1 Å². The van der Waals surface area contributed by atoms with Gasteiger partial charge in [-0.25, -0.2) is 9.10 Å². The summed E-state index contributed by atoms with van der Waals surface area (Å²) in [4.78, 5) is 31.5. The third-order valence-electron chi connectivity index (χ3n) is 3.85. The molecule has 1 aromatic rings. The molecule has 0 bridgehead atoms. The maximum Gasteiger partial charge on any atom is 0.446 e. The van der Waals surface area contributed by atoms with Crippen molar-refractivity contribution in [2.75, 3.05) is 26.7 Å². The molecule has 7 nitrogen and oxygen atoms in total. The van der Waals surface area contributed by atoms with Crippen molar-refractivity contribution in [3.8, 4) is 0 Å². The molecular formula is C19H25N3O4S. The van der Waals surface area contributed by atoms with Gasteiger partial charge in [-0.1, -0.05) is 39.0 Å². The van der Waals surface area contributed by atoms with E-state index in [-0.39, 0.29) is 11.3 Å². The van der Waals surface area contributed by atoms with Gasteiger partial charge in [0.05, 0.1) is 6.54 Å². The molecule has 0 unspecified atom stereocenters. The van der Waals surface area contributed by atoms with E-state index in [1.54, 1.807) is 13.1 Å². The van der Waals surface area contributed by atoms with Gasteiger partial charge in [0.2, 0.25) is 0 Å². The summed E-state index contributed by atoms with van der Waals surface area (Å²) in [6, 6.07) is 7.96. The molecule has 0 atom stereocenters. The zero-order valence-corrected chi connectivity index (χ0v) is 16.9. The number of oxime groups is 1. The molecule has 2 rings (SSSR count). The first-order valence-corrected chi connectivity index (χ1v) is 9.34. The number of ether oxygens (including phenoxy) is 1. The topological polar surface area (TPSA) is 71.4 Å². The highest BCUT2D eigenvalue weighted by atomic mass is 32.2. The summed E-state index contributed by atoms with van der Waals surface area (Å²) < 4.78 is 6.48. The number of nitrogens with zero attached hydrogens (tertiary/aromatic N) is 3. The zero-order chi connectivity index (χ0) is 20.0. The number of carbonyl (C=O) groups is 2. The summed E-state index contributed by atoms with van der Waals surface area (Å²) in [7, 11) is 1.57. The highest BCUT2D eigenvalue weighted by molar-refractivity contribution is 7.97. The lowest BCUT2D eigenvalue weighted by atomic mass is 9.87. The van der Waals surface area contributed by atoms with Crippen LogP contribution in [0.15, 0.2) is 47.0 Å². The fraction of sp³-hybridized carbons (Fsp3) is 0.421. The summed E-state index contributed by atoms with van der Waals surface area (Å²) in [5, 5.41) is 3.57. The van der Waals surface area contributed by atoms with Crippen molar-refractivity contribution < 1.29 is 19.2 Å². The van der Waals surface area contributed by atoms with Gasteiger partial charge in [-0.3, -0.25) is 9.63 Å². The Morgan fingerprint density at radius 1 is 1.41 bits per heavy atom. The van der Waals surface area contributed by atoms with Gasteiger partial charge in [-0.05, 0) is 40.2 Å². The van der Waals surface area contributed by atoms with E-state index in [1.165, 1.54) is 26.7 Å². The number of hydrogen-bond donors (Lipinski definition) is 0. The molecule has 0 saturated carbocycles. The summed E-state index contributed by atoms with van der Waals surface area (Å²) in [5.41, 5.74) is 1.27. The molecule has 0 spiro atoms. The van der Waals surface area contributed by atoms with Gasteiger partial charge in [0.15, 0.2) is 0 Å². The molecule has 0 radical (unpaired) electrons. The predicted molar refractivity (Wildman–Crippen MR) is 105 cm³/mol. The molecule has 1 aliphatic rings. The standard InChI is InChI=1S/C19H25N3O4S/c1-6-11-22-12-13-25-16(17(22)23)20-26-18(24)21(5)27-15-9-7-14(8-10-15)19(2,3)4/h6-10H,1,11-13H2,2-5H3. The van der Waals surface area contributed by atoms with Crippen LogP contribution < -0.4 is 0 Å². The lowest BCUT2D eigenvalue weighted by Crippen LogP contribution is -2.45. The van der Waals surface area contributed by atoms with Crippen LogP contribution in [0.2, 0.25) is 0 Å². The van der Waals surface area contributed by atoms with Gasteiger partial charge < -0.3 is 9.64 Å². The number of rotatable bonds is 5. The first-order valence-electron chi connectivity index (χ1n) is 8.56. The molecule has 0 aliphatic carbocycles. The minimum absolute atomic E-state index is 0.0656. The largest absolute Gasteiger partial charge is 0.470 e. The molecule has 1 heterocycles. The third-order valence-corrected chi connectivity index (χ3v) is 4.75. The molecule has 1 saturated heterocycles. The fourth-order valence-corrected chi connectivity index (χ4v) is 2.98. The summed E-state index contributed by atoms with van der Waals surface area (Å²) in [6.45, 7) is 11.1. The van der Waals surface area contributed by atoms with E-state index in [2.05, 4.69) is 32.5 Å². The second kappa shape index (κ2) is 8.94. The van der Waals surface area contributed by atoms with Crippen molar-refractivity contribution in [2.24, 2.45) is 5.16 Å². The van der Waals surface area contributed by atoms with Crippen LogP contribution in [0.5, 0.6) is 0 Å². The van der Waals surface area contributed by atoms with Crippen LogP contribution in [-0.2, 0) is 19.8 Å². The second-order valence-electron chi connectivity index (χ2n) is 7.01. The average Bonchev–Trinajstić information content (AvgIpc) is 2.62. The maximum absolute atomic E-state index is 12.1. The molecule has 1 fully saturated rings. The van der Waals surface area contributed by atoms with Crippen LogP contribution in [0.4, 0.5) is 4.79 Å². The van der Waals surface area contributed by atoms with Gasteiger partial charge in [-0.2, -0.15) is 0 Å². The number of hydrogen-bond acceptors (Lipinski definition) is 6. The number of carbonyl (C=O) groups excluding carboxylic acids is 2. The van der Waals surface area contributed by atoms with Crippen LogP contribution in [0.3, 0.4) is 0 Å². The Hall–Kier alpha value is -2.48. The van der Waals surface area contributed by atoms with Gasteiger partial charge in [0.25, 0.3) is 0 Å². The molecule has 8 heteroatoms. The maximum atomic E-state index is 12.1. The number of amides is 2. The lowest BCUT2D eigenvalue weighted by molar-refractivity contribution is -0.128. The average molecular weight is 391 g/mol. The van der Waals surface area contributed by atoms with Gasteiger partial charge in [0, 0.05) is 18.5 Å². The van der Waals surface area contributed by atoms with Crippen LogP contribution in [0.25, 0.3) is 0 Å². The molecule has 0 N–H and O–H groups in total. The zero-order valence-electron chi connectivity index (χ0n) is 16.1. The van der Waals surface area contributed by atoms with E-state index < -0.39 is 12.0 Å². The highest BCUT2D eigenvalue weighted by Gasteiger charge is 2.27. The van der Waals surface area contributed by atoms with Crippen molar-refractivity contribution in [1.29, 1.82) is 0 Å². The van der Waals surface area contributed by atoms with E-state index >= 15 is 0 Å². The van der Waals surface area contributed by atoms with Gasteiger partial charge in [-0.15, -0.1) is 6.58 Å². The number of benzene rings is 1. The smallest absolute Gasteiger partial charge is 0.446 e. The second-order valence-corrected chi connectivity index (χ2v) is 8.21. The Bertz CT molecular complexity index is 725. The van der Waals surface area contributed by atoms with Crippen molar-refractivity contribution >= 4 is 29.8 Å². The molecular weight excluding hydrogens is 366 g/mol. The predicted octanol–water partition coefficient (Wildman–Crippen LogP) is 3.42. The number of morpholine rings is 1. The van der Waals surface area contributed by atoms with Crippen LogP contribution in [0.1, 0.15) is 26.3 Å². The summed E-state index contributed by atoms with van der Waals surface area (Å²) in [5.74, 6) is -0.661. The van der Waals surface area contributed by atoms with Gasteiger partial charge in [0.1, 0.15) is 6.61 Å². The molecule has 0 aromatic heterocycles. The van der Waals surface area contributed by atoms with E-state index in [4.69, 9.17) is 9.57 Å². The summed E-state index contributed by atoms with van der Waals surface area (Å²) in [6.07, 6.45) is 0.909. The van der Waals surface area contributed by atoms with Crippen molar-refractivity contribution in [1.82, 2.24) is 9.21 Å². The van der Waals surface area contributed by atoms with Crippen LogP contribution >= 0.6 is 11.9 Å². The summed E-state index contributed by atoms with van der Waals surface area (Å²) >= 11 is 1.21. The Morgan fingerprint density at radius 2 is 2.07 bits per heavy atom. The van der Waals surface area contributed by atoms with E-state index in [1.807, 2.05) is 24.3 Å². The SMILES string of the molecule is C=CCN1CCOC(=NOC(=O)N(C)Sc2ccc(C(C)(C)C)cc2)C1=O. The lowest BCUT2D eigenvalue weighted by Gasteiger charge is -2.26. The normalized spacial score (nSPS) is 16.1. The molecule has 1 aromatic carbocycles. The Kier molecular flexibility index (Phi) is 6.90. The first-order chi connectivity index (χ1) is 12.7. The van der Waals surface area contributed by atoms with Crippen molar-refractivity contribution in [3.05, 3.63) is 42.5 Å². The molecule has 146 valence electrons. The Morgan fingerprint density at radius 3 is 2.67 bits per heavy atom. The Balaban J connectivity index is 1.93. The third kappa shape index (κ3) is 5.75. The fourth-order valence-electron chi connectivity index (χ4n) is 2.30. The molecule has 27 heavy (non-hydrogen) atoms. The highest BCUT2D eigenvalue weighted by Crippen LogP contribution is 2.27. The molecule has 1 aliphatic heterocycles. The quantitative estimate of drug-likeness (QED) is 0.333. The minimum atomic E-state index is -0.704. The van der Waals surface area contributed by atoms with E-state index in [0.717, 1.165) is 4.90 Å². The Labute approximate surface area is 164 Å². The van der Waals surface area contributed by atoms with E-state index in [9.17, 15) is 9.59 Å². The van der Waals surface area contributed by atoms with Crippen molar-refractivity contribution in [3.63, 3.8) is 0 Å². The van der Waals surface area contributed by atoms with E-state index in [0.29, 0.717) is 19.7 Å². The monoisotopic (exact) mass is 391 g/mol. The van der Waals surface area contributed by atoms with Crippen LogP contribution in [0, 0.1) is 0 Å². The molecule has 2 amide bonds. The van der Waals surface area contributed by atoms with Crippen LogP contribution in [-0.4, -0.2) is 53.8 Å². The van der Waals surface area contributed by atoms with Gasteiger partial charge >= 0.3 is 17.9 Å².